The molecule has 3 nitrogen and oxygen atoms in total. The Kier molecular flexibility index (Phi) is 3.13. The molecule has 0 spiro atoms. The van der Waals surface area contributed by atoms with Crippen molar-refractivity contribution < 1.29 is 9.53 Å². The number of nitrogens with one attached hydrogen (secondary N) is 1. The van der Waals surface area contributed by atoms with E-state index in [9.17, 15) is 4.79 Å². The van der Waals surface area contributed by atoms with E-state index in [1.54, 1.807) is 24.3 Å². The molecule has 2 aromatic carbocycles. The molecular formula is C15H12ClNO2. The number of benzene rings is 2. The highest BCUT2D eigenvalue weighted by Gasteiger charge is 2.27. The molecule has 0 aliphatic carbocycles. The van der Waals surface area contributed by atoms with Crippen LogP contribution in [0.25, 0.3) is 0 Å². The lowest BCUT2D eigenvalue weighted by Crippen LogP contribution is -2.37. The minimum atomic E-state index is -0.546. The van der Waals surface area contributed by atoms with Crippen molar-refractivity contribution in [1.29, 1.82) is 0 Å². The molecule has 0 amide bonds. The predicted molar refractivity (Wildman–Crippen MR) is 75.1 cm³/mol. The number of rotatable bonds is 2. The molecule has 4 heteroatoms. The number of ether oxygens (including phenoxy) is 1. The highest BCUT2D eigenvalue weighted by molar-refractivity contribution is 6.34. The summed E-state index contributed by atoms with van der Waals surface area (Å²) in [5.74, 6) is 0.590. The van der Waals surface area contributed by atoms with Gasteiger partial charge in [0.1, 0.15) is 5.75 Å². The molecule has 96 valence electrons. The fourth-order valence-electron chi connectivity index (χ4n) is 2.09. The van der Waals surface area contributed by atoms with Crippen molar-refractivity contribution in [2.24, 2.45) is 0 Å². The summed E-state index contributed by atoms with van der Waals surface area (Å²) in [6.45, 7) is 0.446. The fourth-order valence-corrected chi connectivity index (χ4v) is 2.32. The second-order valence-corrected chi connectivity index (χ2v) is 4.73. The highest BCUT2D eigenvalue weighted by atomic mass is 35.5. The largest absolute Gasteiger partial charge is 0.478 e. The molecule has 0 radical (unpaired) electrons. The van der Waals surface area contributed by atoms with Crippen molar-refractivity contribution in [1.82, 2.24) is 0 Å². The Morgan fingerprint density at radius 3 is 2.74 bits per heavy atom. The molecule has 19 heavy (non-hydrogen) atoms. The number of fused-ring (bicyclic) bond motifs is 1. The molecule has 1 aliphatic heterocycles. The van der Waals surface area contributed by atoms with E-state index in [-0.39, 0.29) is 5.78 Å². The van der Waals surface area contributed by atoms with Gasteiger partial charge in [0, 0.05) is 5.56 Å². The van der Waals surface area contributed by atoms with Gasteiger partial charge >= 0.3 is 0 Å². The van der Waals surface area contributed by atoms with Gasteiger partial charge in [0.05, 0.1) is 17.3 Å². The number of halogens is 1. The summed E-state index contributed by atoms with van der Waals surface area (Å²) in [7, 11) is 0. The number of para-hydroxylation sites is 2. The summed E-state index contributed by atoms with van der Waals surface area (Å²) in [6, 6.07) is 14.6. The van der Waals surface area contributed by atoms with Crippen molar-refractivity contribution in [2.75, 3.05) is 11.9 Å². The first kappa shape index (κ1) is 12.1. The average Bonchev–Trinajstić information content (AvgIpc) is 2.46. The van der Waals surface area contributed by atoms with Gasteiger partial charge in [-0.1, -0.05) is 35.9 Å². The predicted octanol–water partition coefficient (Wildman–Crippen LogP) is 3.40. The molecule has 1 N–H and O–H groups in total. The van der Waals surface area contributed by atoms with Crippen LogP contribution in [0.4, 0.5) is 5.69 Å². The molecular weight excluding hydrogens is 262 g/mol. The van der Waals surface area contributed by atoms with E-state index in [4.69, 9.17) is 16.3 Å². The number of hydrogen-bond acceptors (Lipinski definition) is 3. The first-order valence-corrected chi connectivity index (χ1v) is 6.42. The van der Waals surface area contributed by atoms with Crippen molar-refractivity contribution in [3.05, 3.63) is 59.1 Å². The molecule has 1 heterocycles. The zero-order valence-electron chi connectivity index (χ0n) is 10.1. The van der Waals surface area contributed by atoms with Gasteiger partial charge < -0.3 is 10.1 Å². The Bertz CT molecular complexity index is 627. The van der Waals surface area contributed by atoms with Gasteiger partial charge in [-0.2, -0.15) is 0 Å². The minimum absolute atomic E-state index is 0.104. The van der Waals surface area contributed by atoms with E-state index in [0.717, 1.165) is 5.69 Å². The first-order valence-electron chi connectivity index (χ1n) is 6.04. The summed E-state index contributed by atoms with van der Waals surface area (Å²) in [5.41, 5.74) is 1.40. The number of hydrogen-bond donors (Lipinski definition) is 1. The lowest BCUT2D eigenvalue weighted by molar-refractivity contribution is 0.0802. The summed E-state index contributed by atoms with van der Waals surface area (Å²) < 4.78 is 5.73. The third-order valence-electron chi connectivity index (χ3n) is 3.07. The van der Waals surface area contributed by atoms with Crippen LogP contribution in [0.1, 0.15) is 10.4 Å². The zero-order chi connectivity index (χ0) is 13.2. The summed E-state index contributed by atoms with van der Waals surface area (Å²) in [6.07, 6.45) is -0.546. The van der Waals surface area contributed by atoms with Crippen LogP contribution in [0.5, 0.6) is 5.75 Å². The molecule has 0 aromatic heterocycles. The van der Waals surface area contributed by atoms with Gasteiger partial charge in [0.15, 0.2) is 6.10 Å². The van der Waals surface area contributed by atoms with Crippen LogP contribution in [0.3, 0.4) is 0 Å². The first-order chi connectivity index (χ1) is 9.25. The Morgan fingerprint density at radius 1 is 1.16 bits per heavy atom. The molecule has 0 saturated heterocycles. The average molecular weight is 274 g/mol. The highest BCUT2D eigenvalue weighted by Crippen LogP contribution is 2.29. The molecule has 1 unspecified atom stereocenters. The summed E-state index contributed by atoms with van der Waals surface area (Å²) in [4.78, 5) is 12.4. The van der Waals surface area contributed by atoms with Crippen LogP contribution in [-0.2, 0) is 0 Å². The SMILES string of the molecule is O=C(c1ccccc1Cl)C1CNc2ccccc2O1. The van der Waals surface area contributed by atoms with Gasteiger partial charge in [-0.25, -0.2) is 0 Å². The second-order valence-electron chi connectivity index (χ2n) is 4.33. The Labute approximate surface area is 116 Å². The lowest BCUT2D eigenvalue weighted by atomic mass is 10.0. The summed E-state index contributed by atoms with van der Waals surface area (Å²) >= 11 is 6.04. The number of carbonyl (C=O) groups excluding carboxylic acids is 1. The molecule has 2 aromatic rings. The van der Waals surface area contributed by atoms with E-state index in [2.05, 4.69) is 5.32 Å². The quantitative estimate of drug-likeness (QED) is 0.853. The normalized spacial score (nSPS) is 17.0. The summed E-state index contributed by atoms with van der Waals surface area (Å²) in [5, 5.41) is 3.65. The number of Topliss-reactive ketones (excluding diaryl/α,β-unsaturated/α-hetero) is 1. The van der Waals surface area contributed by atoms with Crippen LogP contribution in [0, 0.1) is 0 Å². The van der Waals surface area contributed by atoms with E-state index in [1.165, 1.54) is 0 Å². The molecule has 3 rings (SSSR count). The maximum atomic E-state index is 12.4. The third-order valence-corrected chi connectivity index (χ3v) is 3.40. The van der Waals surface area contributed by atoms with Crippen molar-refractivity contribution in [3.8, 4) is 5.75 Å². The van der Waals surface area contributed by atoms with E-state index in [1.807, 2.05) is 24.3 Å². The number of anilines is 1. The maximum absolute atomic E-state index is 12.4. The zero-order valence-corrected chi connectivity index (χ0v) is 10.9. The smallest absolute Gasteiger partial charge is 0.206 e. The van der Waals surface area contributed by atoms with Gasteiger partial charge in [-0.3, -0.25) is 4.79 Å². The van der Waals surface area contributed by atoms with Crippen molar-refractivity contribution in [2.45, 2.75) is 6.10 Å². The number of carbonyl (C=O) groups is 1. The van der Waals surface area contributed by atoms with Crippen LogP contribution in [-0.4, -0.2) is 18.4 Å². The van der Waals surface area contributed by atoms with Crippen LogP contribution in [0.15, 0.2) is 48.5 Å². The van der Waals surface area contributed by atoms with E-state index < -0.39 is 6.10 Å². The monoisotopic (exact) mass is 273 g/mol. The molecule has 1 aliphatic rings. The third kappa shape index (κ3) is 2.29. The van der Waals surface area contributed by atoms with Gasteiger partial charge in [-0.05, 0) is 24.3 Å². The Balaban J connectivity index is 1.86. The number of ketones is 1. The Morgan fingerprint density at radius 2 is 1.89 bits per heavy atom. The Hall–Kier alpha value is -2.00. The van der Waals surface area contributed by atoms with Crippen molar-refractivity contribution in [3.63, 3.8) is 0 Å². The minimum Gasteiger partial charge on any atom is -0.478 e. The molecule has 0 saturated carbocycles. The molecule has 1 atom stereocenters. The molecule has 0 fully saturated rings. The molecule has 0 bridgehead atoms. The van der Waals surface area contributed by atoms with Crippen LogP contribution in [0.2, 0.25) is 5.02 Å². The second kappa shape index (κ2) is 4.94. The topological polar surface area (TPSA) is 38.3 Å². The standard InChI is InChI=1S/C15H12ClNO2/c16-11-6-2-1-5-10(11)15(18)14-9-17-12-7-3-4-8-13(12)19-14/h1-8,14,17H,9H2. The fraction of sp³-hybridized carbons (Fsp3) is 0.133. The van der Waals surface area contributed by atoms with Gasteiger partial charge in [-0.15, -0.1) is 0 Å². The van der Waals surface area contributed by atoms with Crippen LogP contribution < -0.4 is 10.1 Å². The lowest BCUT2D eigenvalue weighted by Gasteiger charge is -2.26. The van der Waals surface area contributed by atoms with Crippen molar-refractivity contribution >= 4 is 23.1 Å². The van der Waals surface area contributed by atoms with E-state index >= 15 is 0 Å². The van der Waals surface area contributed by atoms with E-state index in [0.29, 0.717) is 22.9 Å². The van der Waals surface area contributed by atoms with Crippen LogP contribution >= 0.6 is 11.6 Å². The maximum Gasteiger partial charge on any atom is 0.206 e. The van der Waals surface area contributed by atoms with Gasteiger partial charge in [0.2, 0.25) is 5.78 Å². The van der Waals surface area contributed by atoms with Gasteiger partial charge in [0.25, 0.3) is 0 Å².